The summed E-state index contributed by atoms with van der Waals surface area (Å²) in [4.78, 5) is 23.3. The summed E-state index contributed by atoms with van der Waals surface area (Å²) >= 11 is 6.50. The highest BCUT2D eigenvalue weighted by atomic mass is 35.5. The van der Waals surface area contributed by atoms with E-state index in [1.54, 1.807) is 16.5 Å². The lowest BCUT2D eigenvalue weighted by Crippen LogP contribution is -2.44. The number of β-amino-alcohol motifs (C(OH)–C–C–N with tert-alkyl or cyclic N) is 1. The SMILES string of the molecule is Cc1cc(-c2ncnn2C)c2cccc(OCc3c(Cl)cc(F)cc3C(C)N3C[C@@H](O)CCC3=O)c2n1. The minimum Gasteiger partial charge on any atom is -0.487 e. The smallest absolute Gasteiger partial charge is 0.223 e. The number of aryl methyl sites for hydroxylation is 2. The Bertz CT molecular complexity index is 1490. The number of para-hydroxylation sites is 1. The number of likely N-dealkylation sites (tertiary alicyclic amines) is 1. The van der Waals surface area contributed by atoms with Crippen LogP contribution in [0.2, 0.25) is 5.02 Å². The Morgan fingerprint density at radius 3 is 2.86 bits per heavy atom. The monoisotopic (exact) mass is 523 g/mol. The number of fused-ring (bicyclic) bond motifs is 1. The second-order valence-corrected chi connectivity index (χ2v) is 9.74. The molecule has 1 aliphatic rings. The van der Waals surface area contributed by atoms with E-state index in [2.05, 4.69) is 10.1 Å². The molecule has 2 aromatic heterocycles. The zero-order chi connectivity index (χ0) is 26.3. The van der Waals surface area contributed by atoms with E-state index in [1.165, 1.54) is 18.5 Å². The molecule has 37 heavy (non-hydrogen) atoms. The molecule has 3 heterocycles. The predicted molar refractivity (Wildman–Crippen MR) is 138 cm³/mol. The first-order chi connectivity index (χ1) is 17.7. The molecule has 192 valence electrons. The van der Waals surface area contributed by atoms with E-state index in [1.807, 2.05) is 38.2 Å². The van der Waals surface area contributed by atoms with Gasteiger partial charge >= 0.3 is 0 Å². The maximum atomic E-state index is 14.4. The number of nitrogens with zero attached hydrogens (tertiary/aromatic N) is 5. The molecule has 0 spiro atoms. The van der Waals surface area contributed by atoms with Crippen LogP contribution in [0.5, 0.6) is 5.75 Å². The van der Waals surface area contributed by atoms with Crippen molar-refractivity contribution in [3.8, 4) is 17.1 Å². The quantitative estimate of drug-likeness (QED) is 0.392. The largest absolute Gasteiger partial charge is 0.487 e. The Kier molecular flexibility index (Phi) is 6.83. The van der Waals surface area contributed by atoms with E-state index in [0.29, 0.717) is 34.6 Å². The van der Waals surface area contributed by atoms with Gasteiger partial charge in [-0.25, -0.2) is 19.0 Å². The zero-order valence-electron chi connectivity index (χ0n) is 20.8. The van der Waals surface area contributed by atoms with Crippen LogP contribution in [0, 0.1) is 12.7 Å². The molecule has 5 rings (SSSR count). The molecule has 1 unspecified atom stereocenters. The number of carbonyl (C=O) groups is 1. The van der Waals surface area contributed by atoms with Gasteiger partial charge in [0, 0.05) is 42.2 Å². The molecule has 8 nitrogen and oxygen atoms in total. The van der Waals surface area contributed by atoms with E-state index < -0.39 is 18.0 Å². The molecule has 0 radical (unpaired) electrons. The summed E-state index contributed by atoms with van der Waals surface area (Å²) in [6, 6.07) is 9.71. The summed E-state index contributed by atoms with van der Waals surface area (Å²) in [7, 11) is 1.83. The lowest BCUT2D eigenvalue weighted by molar-refractivity contribution is -0.139. The second-order valence-electron chi connectivity index (χ2n) is 9.33. The molecule has 2 aromatic carbocycles. The van der Waals surface area contributed by atoms with E-state index in [0.717, 1.165) is 16.6 Å². The van der Waals surface area contributed by atoms with Crippen molar-refractivity contribution < 1.29 is 19.0 Å². The second kappa shape index (κ2) is 10.1. The average molecular weight is 524 g/mol. The fraction of sp³-hybridized carbons (Fsp3) is 0.333. The van der Waals surface area contributed by atoms with Gasteiger partial charge in [0.25, 0.3) is 0 Å². The van der Waals surface area contributed by atoms with Crippen molar-refractivity contribution in [3.05, 3.63) is 70.4 Å². The number of carbonyl (C=O) groups excluding carboxylic acids is 1. The molecule has 1 amide bonds. The van der Waals surface area contributed by atoms with Crippen LogP contribution in [0.25, 0.3) is 22.3 Å². The van der Waals surface area contributed by atoms with E-state index in [9.17, 15) is 14.3 Å². The number of aromatic nitrogens is 4. The van der Waals surface area contributed by atoms with Crippen LogP contribution < -0.4 is 4.74 Å². The topological polar surface area (TPSA) is 93.4 Å². The normalized spacial score (nSPS) is 16.9. The number of amides is 1. The van der Waals surface area contributed by atoms with Crippen LogP contribution in [-0.4, -0.2) is 48.3 Å². The lowest BCUT2D eigenvalue weighted by atomic mass is 9.97. The van der Waals surface area contributed by atoms with Gasteiger partial charge in [-0.05, 0) is 50.1 Å². The van der Waals surface area contributed by atoms with Crippen molar-refractivity contribution in [2.45, 2.75) is 45.4 Å². The van der Waals surface area contributed by atoms with Crippen LogP contribution >= 0.6 is 11.6 Å². The van der Waals surface area contributed by atoms with Crippen LogP contribution in [0.1, 0.15) is 42.6 Å². The summed E-state index contributed by atoms with van der Waals surface area (Å²) in [5, 5.41) is 15.4. The van der Waals surface area contributed by atoms with Crippen molar-refractivity contribution in [1.82, 2.24) is 24.6 Å². The van der Waals surface area contributed by atoms with Gasteiger partial charge in [-0.1, -0.05) is 23.7 Å². The van der Waals surface area contributed by atoms with Crippen molar-refractivity contribution in [2.75, 3.05) is 6.54 Å². The zero-order valence-corrected chi connectivity index (χ0v) is 21.5. The summed E-state index contributed by atoms with van der Waals surface area (Å²) in [5.74, 6) is 0.651. The van der Waals surface area contributed by atoms with Gasteiger partial charge in [-0.15, -0.1) is 0 Å². The van der Waals surface area contributed by atoms with Gasteiger partial charge < -0.3 is 14.7 Å². The van der Waals surface area contributed by atoms with Gasteiger partial charge in [-0.3, -0.25) is 4.79 Å². The van der Waals surface area contributed by atoms with Crippen LogP contribution in [0.4, 0.5) is 4.39 Å². The average Bonchev–Trinajstić information content (AvgIpc) is 3.29. The molecule has 10 heteroatoms. The van der Waals surface area contributed by atoms with Gasteiger partial charge in [0.1, 0.15) is 30.0 Å². The van der Waals surface area contributed by atoms with E-state index in [4.69, 9.17) is 21.3 Å². The third-order valence-corrected chi connectivity index (χ3v) is 7.12. The van der Waals surface area contributed by atoms with E-state index in [-0.39, 0.29) is 30.5 Å². The molecule has 1 saturated heterocycles. The van der Waals surface area contributed by atoms with Crippen LogP contribution in [-0.2, 0) is 18.4 Å². The number of pyridine rings is 1. The molecule has 2 atom stereocenters. The summed E-state index contributed by atoms with van der Waals surface area (Å²) in [6.07, 6.45) is 1.56. The Labute approximate surface area is 218 Å². The number of piperidine rings is 1. The van der Waals surface area contributed by atoms with Crippen molar-refractivity contribution in [1.29, 1.82) is 0 Å². The number of rotatable bonds is 6. The molecule has 1 fully saturated rings. The first kappa shape index (κ1) is 25.1. The third kappa shape index (κ3) is 4.89. The molecular weight excluding hydrogens is 497 g/mol. The first-order valence-corrected chi connectivity index (χ1v) is 12.4. The Morgan fingerprint density at radius 2 is 2.11 bits per heavy atom. The predicted octanol–water partition coefficient (Wildman–Crippen LogP) is 4.75. The fourth-order valence-corrected chi connectivity index (χ4v) is 5.15. The van der Waals surface area contributed by atoms with Crippen molar-refractivity contribution in [3.63, 3.8) is 0 Å². The molecule has 0 aliphatic carbocycles. The fourth-order valence-electron chi connectivity index (χ4n) is 4.89. The number of aliphatic hydroxyl groups is 1. The van der Waals surface area contributed by atoms with Gasteiger partial charge in [0.15, 0.2) is 5.82 Å². The minimum absolute atomic E-state index is 0.0391. The number of hydrogen-bond acceptors (Lipinski definition) is 6. The lowest BCUT2D eigenvalue weighted by Gasteiger charge is -2.36. The first-order valence-electron chi connectivity index (χ1n) is 12.1. The summed E-state index contributed by atoms with van der Waals surface area (Å²) < 4.78 is 22.4. The number of halogens is 2. The number of hydrogen-bond donors (Lipinski definition) is 1. The Morgan fingerprint density at radius 1 is 1.30 bits per heavy atom. The molecule has 1 aliphatic heterocycles. The Hall–Kier alpha value is -3.56. The number of aliphatic hydroxyl groups excluding tert-OH is 1. The maximum absolute atomic E-state index is 14.4. The number of ether oxygens (including phenoxy) is 1. The maximum Gasteiger partial charge on any atom is 0.223 e. The molecule has 0 bridgehead atoms. The summed E-state index contributed by atoms with van der Waals surface area (Å²) in [6.45, 7) is 3.93. The van der Waals surface area contributed by atoms with Crippen molar-refractivity contribution in [2.24, 2.45) is 7.05 Å². The molecule has 0 saturated carbocycles. The minimum atomic E-state index is -0.614. The highest BCUT2D eigenvalue weighted by Gasteiger charge is 2.30. The third-order valence-electron chi connectivity index (χ3n) is 6.79. The van der Waals surface area contributed by atoms with Crippen LogP contribution in [0.3, 0.4) is 0 Å². The van der Waals surface area contributed by atoms with Crippen LogP contribution in [0.15, 0.2) is 42.7 Å². The van der Waals surface area contributed by atoms with Gasteiger partial charge in [0.2, 0.25) is 5.91 Å². The highest BCUT2D eigenvalue weighted by Crippen LogP contribution is 2.35. The molecule has 1 N–H and O–H groups in total. The van der Waals surface area contributed by atoms with Crippen molar-refractivity contribution >= 4 is 28.4 Å². The standard InChI is InChI=1S/C27H27ClFN5O3/c1-15-9-21(27-30-14-31-33(27)3)19-5-4-6-24(26(19)32-15)37-13-22-20(10-17(29)11-23(22)28)16(2)34-12-18(35)7-8-25(34)36/h4-6,9-11,14,16,18,35H,7-8,12-13H2,1-3H3/t16?,18-/m0/s1. The van der Waals surface area contributed by atoms with Gasteiger partial charge in [-0.2, -0.15) is 5.10 Å². The van der Waals surface area contributed by atoms with E-state index >= 15 is 0 Å². The number of benzene rings is 2. The van der Waals surface area contributed by atoms with Gasteiger partial charge in [0.05, 0.1) is 17.2 Å². The molecule has 4 aromatic rings. The Balaban J connectivity index is 1.51. The highest BCUT2D eigenvalue weighted by molar-refractivity contribution is 6.31. The summed E-state index contributed by atoms with van der Waals surface area (Å²) in [5.41, 5.74) is 3.43. The molecular formula is C27H27ClFN5O3.